The number of hydrogen-bond donors (Lipinski definition) is 1. The van der Waals surface area contributed by atoms with Crippen LogP contribution in [0.3, 0.4) is 0 Å². The number of ether oxygens (including phenoxy) is 1. The molecule has 1 aliphatic heterocycles. The van der Waals surface area contributed by atoms with Crippen molar-refractivity contribution in [3.8, 4) is 5.75 Å². The maximum atomic E-state index is 12.0. The number of alkyl halides is 3. The van der Waals surface area contributed by atoms with Crippen molar-refractivity contribution < 1.29 is 27.8 Å². The minimum absolute atomic E-state index is 0.165. The Balaban J connectivity index is 1.88. The second-order valence-electron chi connectivity index (χ2n) is 5.87. The summed E-state index contributed by atoms with van der Waals surface area (Å²) >= 11 is 0. The predicted octanol–water partition coefficient (Wildman–Crippen LogP) is 2.92. The van der Waals surface area contributed by atoms with Gasteiger partial charge in [0, 0.05) is 13.1 Å². The number of aliphatic carboxylic acids is 1. The summed E-state index contributed by atoms with van der Waals surface area (Å²) in [6, 6.07) is 6.38. The van der Waals surface area contributed by atoms with E-state index in [1.54, 1.807) is 19.1 Å². The van der Waals surface area contributed by atoms with Gasteiger partial charge in [-0.05, 0) is 37.6 Å². The highest BCUT2D eigenvalue weighted by Gasteiger charge is 2.40. The van der Waals surface area contributed by atoms with Gasteiger partial charge in [0.2, 0.25) is 0 Å². The van der Waals surface area contributed by atoms with Gasteiger partial charge in [-0.15, -0.1) is 0 Å². The zero-order valence-electron chi connectivity index (χ0n) is 12.2. The summed E-state index contributed by atoms with van der Waals surface area (Å²) in [5, 5.41) is 9.18. The van der Waals surface area contributed by atoms with Crippen LogP contribution in [0.1, 0.15) is 18.9 Å². The van der Waals surface area contributed by atoms with E-state index in [1.165, 1.54) is 12.1 Å². The molecule has 1 aliphatic rings. The first kappa shape index (κ1) is 16.6. The molecule has 1 N–H and O–H groups in total. The van der Waals surface area contributed by atoms with E-state index in [0.29, 0.717) is 26.1 Å². The van der Waals surface area contributed by atoms with Crippen LogP contribution in [0.2, 0.25) is 0 Å². The van der Waals surface area contributed by atoms with Crippen LogP contribution in [-0.2, 0) is 11.3 Å². The Bertz CT molecular complexity index is 530. The van der Waals surface area contributed by atoms with Crippen LogP contribution in [0, 0.1) is 5.41 Å². The van der Waals surface area contributed by atoms with E-state index in [0.717, 1.165) is 5.56 Å². The van der Waals surface area contributed by atoms with Gasteiger partial charge in [0.25, 0.3) is 0 Å². The fraction of sp³-hybridized carbons (Fsp3) is 0.533. The number of hydrogen-bond acceptors (Lipinski definition) is 3. The molecular weight excluding hydrogens is 299 g/mol. The summed E-state index contributed by atoms with van der Waals surface area (Å²) in [4.78, 5) is 13.2. The van der Waals surface area contributed by atoms with Crippen molar-refractivity contribution in [3.05, 3.63) is 29.8 Å². The maximum absolute atomic E-state index is 12.0. The second-order valence-corrected chi connectivity index (χ2v) is 5.87. The fourth-order valence-corrected chi connectivity index (χ4v) is 2.48. The van der Waals surface area contributed by atoms with Crippen LogP contribution in [0.4, 0.5) is 13.2 Å². The molecule has 0 spiro atoms. The maximum Gasteiger partial charge on any atom is 0.422 e. The summed E-state index contributed by atoms with van der Waals surface area (Å²) < 4.78 is 40.8. The molecule has 4 nitrogen and oxygen atoms in total. The van der Waals surface area contributed by atoms with Crippen LogP contribution in [0.15, 0.2) is 24.3 Å². The summed E-state index contributed by atoms with van der Waals surface area (Å²) in [6.45, 7) is 2.14. The standard InChI is InChI=1S/C15H18F3NO3/c1-14(13(20)21)6-7-19(9-14)8-11-2-4-12(5-3-11)22-10-15(16,17)18/h2-5H,6-10H2,1H3,(H,20,21). The first-order chi connectivity index (χ1) is 10.2. The number of halogens is 3. The van der Waals surface area contributed by atoms with Gasteiger partial charge in [-0.25, -0.2) is 0 Å². The zero-order chi connectivity index (χ0) is 16.4. The lowest BCUT2D eigenvalue weighted by Gasteiger charge is -2.20. The summed E-state index contributed by atoms with van der Waals surface area (Å²) in [5.74, 6) is -0.635. The Morgan fingerprint density at radius 3 is 2.50 bits per heavy atom. The molecule has 0 saturated carbocycles. The van der Waals surface area contributed by atoms with Crippen molar-refractivity contribution >= 4 is 5.97 Å². The van der Waals surface area contributed by atoms with Gasteiger partial charge in [0.1, 0.15) is 5.75 Å². The summed E-state index contributed by atoms with van der Waals surface area (Å²) in [7, 11) is 0. The number of benzene rings is 1. The van der Waals surface area contributed by atoms with Gasteiger partial charge in [-0.3, -0.25) is 9.69 Å². The van der Waals surface area contributed by atoms with Crippen molar-refractivity contribution in [1.82, 2.24) is 4.90 Å². The van der Waals surface area contributed by atoms with E-state index in [4.69, 9.17) is 0 Å². The Labute approximate surface area is 126 Å². The average Bonchev–Trinajstić information content (AvgIpc) is 2.80. The third-order valence-electron chi connectivity index (χ3n) is 3.80. The first-order valence-corrected chi connectivity index (χ1v) is 6.92. The van der Waals surface area contributed by atoms with Crippen LogP contribution in [0.5, 0.6) is 5.75 Å². The van der Waals surface area contributed by atoms with Crippen LogP contribution >= 0.6 is 0 Å². The second kappa shape index (κ2) is 6.16. The van der Waals surface area contributed by atoms with Gasteiger partial charge < -0.3 is 9.84 Å². The van der Waals surface area contributed by atoms with Crippen LogP contribution in [0.25, 0.3) is 0 Å². The summed E-state index contributed by atoms with van der Waals surface area (Å²) in [5.41, 5.74) is 0.185. The highest BCUT2D eigenvalue weighted by atomic mass is 19.4. The van der Waals surface area contributed by atoms with Gasteiger partial charge >= 0.3 is 12.1 Å². The average molecular weight is 317 g/mol. The number of rotatable bonds is 5. The minimum atomic E-state index is -4.35. The molecule has 1 heterocycles. The van der Waals surface area contributed by atoms with E-state index in [-0.39, 0.29) is 5.75 Å². The smallest absolute Gasteiger partial charge is 0.422 e. The Morgan fingerprint density at radius 1 is 1.36 bits per heavy atom. The highest BCUT2D eigenvalue weighted by molar-refractivity contribution is 5.74. The normalized spacial score (nSPS) is 22.7. The predicted molar refractivity (Wildman–Crippen MR) is 73.6 cm³/mol. The number of carboxylic acids is 1. The van der Waals surface area contributed by atoms with E-state index < -0.39 is 24.2 Å². The molecule has 1 fully saturated rings. The molecule has 0 aliphatic carbocycles. The van der Waals surface area contributed by atoms with Crippen molar-refractivity contribution in [2.24, 2.45) is 5.41 Å². The molecule has 122 valence electrons. The molecule has 2 rings (SSSR count). The Morgan fingerprint density at radius 2 is 2.00 bits per heavy atom. The van der Waals surface area contributed by atoms with Gasteiger partial charge in [0.05, 0.1) is 5.41 Å². The molecule has 1 unspecified atom stereocenters. The lowest BCUT2D eigenvalue weighted by molar-refractivity contribution is -0.153. The van der Waals surface area contributed by atoms with Crippen molar-refractivity contribution in [1.29, 1.82) is 0 Å². The molecule has 1 aromatic rings. The van der Waals surface area contributed by atoms with Gasteiger partial charge in [0.15, 0.2) is 6.61 Å². The Kier molecular flexibility index (Phi) is 4.65. The van der Waals surface area contributed by atoms with Crippen molar-refractivity contribution in [2.75, 3.05) is 19.7 Å². The summed E-state index contributed by atoms with van der Waals surface area (Å²) in [6.07, 6.45) is -3.76. The SMILES string of the molecule is CC1(C(=O)O)CCN(Cc2ccc(OCC(F)(F)F)cc2)C1. The first-order valence-electron chi connectivity index (χ1n) is 6.92. The lowest BCUT2D eigenvalue weighted by atomic mass is 9.90. The van der Waals surface area contributed by atoms with Gasteiger partial charge in [-0.2, -0.15) is 13.2 Å². The van der Waals surface area contributed by atoms with Crippen LogP contribution in [-0.4, -0.2) is 41.8 Å². The molecule has 1 atom stereocenters. The van der Waals surface area contributed by atoms with Gasteiger partial charge in [-0.1, -0.05) is 12.1 Å². The number of nitrogens with zero attached hydrogens (tertiary/aromatic N) is 1. The third-order valence-corrected chi connectivity index (χ3v) is 3.80. The third kappa shape index (κ3) is 4.37. The topological polar surface area (TPSA) is 49.8 Å². The largest absolute Gasteiger partial charge is 0.484 e. The number of carbonyl (C=O) groups is 1. The highest BCUT2D eigenvalue weighted by Crippen LogP contribution is 2.31. The minimum Gasteiger partial charge on any atom is -0.484 e. The zero-order valence-corrected chi connectivity index (χ0v) is 12.2. The Hall–Kier alpha value is -1.76. The molecule has 0 aromatic heterocycles. The number of likely N-dealkylation sites (tertiary alicyclic amines) is 1. The number of carboxylic acid groups (broad SMARTS) is 1. The van der Waals surface area contributed by atoms with Crippen LogP contribution < -0.4 is 4.74 Å². The quantitative estimate of drug-likeness (QED) is 0.907. The lowest BCUT2D eigenvalue weighted by Crippen LogP contribution is -2.31. The van der Waals surface area contributed by atoms with E-state index in [1.807, 2.05) is 4.90 Å². The molecule has 7 heteroatoms. The van der Waals surface area contributed by atoms with E-state index in [2.05, 4.69) is 4.74 Å². The van der Waals surface area contributed by atoms with Crippen molar-refractivity contribution in [2.45, 2.75) is 26.1 Å². The molecule has 1 saturated heterocycles. The monoisotopic (exact) mass is 317 g/mol. The molecule has 22 heavy (non-hydrogen) atoms. The van der Waals surface area contributed by atoms with E-state index >= 15 is 0 Å². The molecular formula is C15H18F3NO3. The molecule has 1 aromatic carbocycles. The molecule has 0 bridgehead atoms. The van der Waals surface area contributed by atoms with Crippen molar-refractivity contribution in [3.63, 3.8) is 0 Å². The van der Waals surface area contributed by atoms with E-state index in [9.17, 15) is 23.1 Å². The molecule has 0 radical (unpaired) electrons. The fourth-order valence-electron chi connectivity index (χ4n) is 2.48. The molecule has 0 amide bonds.